The highest BCUT2D eigenvalue weighted by atomic mass is 16.5. The number of hydrogen-bond acceptors (Lipinski definition) is 3. The first-order valence-corrected chi connectivity index (χ1v) is 5.47. The van der Waals surface area contributed by atoms with Crippen molar-refractivity contribution in [1.82, 2.24) is 10.3 Å². The van der Waals surface area contributed by atoms with E-state index < -0.39 is 0 Å². The van der Waals surface area contributed by atoms with E-state index >= 15 is 0 Å². The number of nitrogens with zero attached hydrogens (tertiary/aromatic N) is 1. The molecule has 1 aliphatic rings. The Morgan fingerprint density at radius 2 is 2.38 bits per heavy atom. The van der Waals surface area contributed by atoms with Crippen molar-refractivity contribution < 1.29 is 9.53 Å². The molecule has 0 bridgehead atoms. The minimum Gasteiger partial charge on any atom is -0.481 e. The van der Waals surface area contributed by atoms with Crippen LogP contribution in [0.4, 0.5) is 0 Å². The molecule has 1 aliphatic carbocycles. The van der Waals surface area contributed by atoms with Gasteiger partial charge in [0.25, 0.3) is 0 Å². The van der Waals surface area contributed by atoms with Crippen LogP contribution in [0.15, 0.2) is 18.3 Å². The number of aromatic nitrogens is 1. The summed E-state index contributed by atoms with van der Waals surface area (Å²) in [6.45, 7) is 2.64. The second-order valence-electron chi connectivity index (χ2n) is 4.25. The monoisotopic (exact) mass is 220 g/mol. The smallest absolute Gasteiger partial charge is 0.223 e. The van der Waals surface area contributed by atoms with E-state index in [0.29, 0.717) is 18.3 Å². The van der Waals surface area contributed by atoms with Crippen molar-refractivity contribution in [3.8, 4) is 5.88 Å². The van der Waals surface area contributed by atoms with Crippen molar-refractivity contribution in [2.24, 2.45) is 11.8 Å². The van der Waals surface area contributed by atoms with Crippen molar-refractivity contribution >= 4 is 5.91 Å². The highest BCUT2D eigenvalue weighted by Gasteiger charge is 2.38. The largest absolute Gasteiger partial charge is 0.481 e. The summed E-state index contributed by atoms with van der Waals surface area (Å²) >= 11 is 0. The van der Waals surface area contributed by atoms with Gasteiger partial charge in [-0.25, -0.2) is 4.98 Å². The van der Waals surface area contributed by atoms with Crippen molar-refractivity contribution in [2.75, 3.05) is 7.11 Å². The van der Waals surface area contributed by atoms with Crippen LogP contribution in [0.2, 0.25) is 0 Å². The van der Waals surface area contributed by atoms with E-state index in [2.05, 4.69) is 17.2 Å². The third-order valence-corrected chi connectivity index (χ3v) is 2.92. The molecule has 0 unspecified atom stereocenters. The van der Waals surface area contributed by atoms with E-state index in [1.165, 1.54) is 0 Å². The van der Waals surface area contributed by atoms with Gasteiger partial charge in [-0.05, 0) is 17.9 Å². The standard InChI is InChI=1S/C12H16N2O2/c1-8-5-10(8)12(15)14-7-9-3-4-11(16-2)13-6-9/h3-4,6,8,10H,5,7H2,1-2H3,(H,14,15)/t8-,10-/m1/s1. The predicted molar refractivity (Wildman–Crippen MR) is 59.9 cm³/mol. The quantitative estimate of drug-likeness (QED) is 0.833. The second kappa shape index (κ2) is 4.51. The van der Waals surface area contributed by atoms with Crippen LogP contribution in [0, 0.1) is 11.8 Å². The lowest BCUT2D eigenvalue weighted by Crippen LogP contribution is -2.24. The lowest BCUT2D eigenvalue weighted by Gasteiger charge is -2.05. The van der Waals surface area contributed by atoms with Gasteiger partial charge in [0.1, 0.15) is 0 Å². The summed E-state index contributed by atoms with van der Waals surface area (Å²) in [4.78, 5) is 15.6. The second-order valence-corrected chi connectivity index (χ2v) is 4.25. The highest BCUT2D eigenvalue weighted by molar-refractivity contribution is 5.81. The topological polar surface area (TPSA) is 51.2 Å². The van der Waals surface area contributed by atoms with Gasteiger partial charge in [0.2, 0.25) is 11.8 Å². The van der Waals surface area contributed by atoms with E-state index in [9.17, 15) is 4.79 Å². The number of hydrogen-bond donors (Lipinski definition) is 1. The van der Waals surface area contributed by atoms with Crippen LogP contribution in [0.3, 0.4) is 0 Å². The summed E-state index contributed by atoms with van der Waals surface area (Å²) < 4.78 is 4.96. The lowest BCUT2D eigenvalue weighted by molar-refractivity contribution is -0.122. The maximum absolute atomic E-state index is 11.6. The molecule has 0 aliphatic heterocycles. The van der Waals surface area contributed by atoms with Crippen molar-refractivity contribution in [2.45, 2.75) is 19.9 Å². The summed E-state index contributed by atoms with van der Waals surface area (Å²) in [7, 11) is 1.58. The Morgan fingerprint density at radius 3 is 2.88 bits per heavy atom. The third-order valence-electron chi connectivity index (χ3n) is 2.92. The molecule has 0 aromatic carbocycles. The summed E-state index contributed by atoms with van der Waals surface area (Å²) in [5.74, 6) is 1.52. The first-order chi connectivity index (χ1) is 7.70. The minimum absolute atomic E-state index is 0.156. The number of rotatable bonds is 4. The Kier molecular flexibility index (Phi) is 3.08. The van der Waals surface area contributed by atoms with Gasteiger partial charge in [-0.1, -0.05) is 13.0 Å². The molecule has 2 rings (SSSR count). The summed E-state index contributed by atoms with van der Waals surface area (Å²) in [5, 5.41) is 2.91. The van der Waals surface area contributed by atoms with E-state index in [1.54, 1.807) is 19.4 Å². The molecule has 1 heterocycles. The van der Waals surface area contributed by atoms with Crippen LogP contribution in [0.5, 0.6) is 5.88 Å². The van der Waals surface area contributed by atoms with Gasteiger partial charge in [-0.2, -0.15) is 0 Å². The Bertz CT molecular complexity index is 375. The maximum atomic E-state index is 11.6. The molecule has 16 heavy (non-hydrogen) atoms. The minimum atomic E-state index is 0.156. The number of amides is 1. The molecule has 1 amide bonds. The molecule has 0 saturated heterocycles. The van der Waals surface area contributed by atoms with Gasteiger partial charge < -0.3 is 10.1 Å². The van der Waals surface area contributed by atoms with Crippen LogP contribution in [0.25, 0.3) is 0 Å². The van der Waals surface area contributed by atoms with Gasteiger partial charge in [0, 0.05) is 24.7 Å². The average Bonchev–Trinajstić information content (AvgIpc) is 3.04. The van der Waals surface area contributed by atoms with Crippen molar-refractivity contribution in [3.05, 3.63) is 23.9 Å². The zero-order chi connectivity index (χ0) is 11.5. The number of pyridine rings is 1. The zero-order valence-electron chi connectivity index (χ0n) is 9.56. The Labute approximate surface area is 95.0 Å². The summed E-state index contributed by atoms with van der Waals surface area (Å²) in [6.07, 6.45) is 2.74. The molecule has 1 aromatic heterocycles. The first kappa shape index (κ1) is 10.9. The molecule has 0 spiro atoms. The average molecular weight is 220 g/mol. The van der Waals surface area contributed by atoms with E-state index in [4.69, 9.17) is 4.74 Å². The molecule has 0 radical (unpaired) electrons. The molecule has 4 nitrogen and oxygen atoms in total. The summed E-state index contributed by atoms with van der Waals surface area (Å²) in [5.41, 5.74) is 0.988. The number of carbonyl (C=O) groups excluding carboxylic acids is 1. The lowest BCUT2D eigenvalue weighted by atomic mass is 10.2. The Balaban J connectivity index is 1.82. The fourth-order valence-corrected chi connectivity index (χ4v) is 1.64. The molecule has 4 heteroatoms. The van der Waals surface area contributed by atoms with E-state index in [1.807, 2.05) is 6.07 Å². The van der Waals surface area contributed by atoms with Gasteiger partial charge in [-0.15, -0.1) is 0 Å². The molecule has 2 atom stereocenters. The first-order valence-electron chi connectivity index (χ1n) is 5.47. The summed E-state index contributed by atoms with van der Waals surface area (Å²) in [6, 6.07) is 3.70. The molecule has 1 fully saturated rings. The van der Waals surface area contributed by atoms with Gasteiger partial charge in [0.15, 0.2) is 0 Å². The predicted octanol–water partition coefficient (Wildman–Crippen LogP) is 1.36. The van der Waals surface area contributed by atoms with Gasteiger partial charge in [-0.3, -0.25) is 4.79 Å². The molecule has 1 N–H and O–H groups in total. The molecular weight excluding hydrogens is 204 g/mol. The van der Waals surface area contributed by atoms with Gasteiger partial charge in [0.05, 0.1) is 7.11 Å². The van der Waals surface area contributed by atoms with E-state index in [0.717, 1.165) is 12.0 Å². The Hall–Kier alpha value is -1.58. The third kappa shape index (κ3) is 2.51. The number of carbonyl (C=O) groups is 1. The molecular formula is C12H16N2O2. The van der Waals surface area contributed by atoms with Gasteiger partial charge >= 0.3 is 0 Å². The van der Waals surface area contributed by atoms with Crippen LogP contribution in [0.1, 0.15) is 18.9 Å². The number of nitrogens with one attached hydrogen (secondary N) is 1. The van der Waals surface area contributed by atoms with Crippen LogP contribution < -0.4 is 10.1 Å². The van der Waals surface area contributed by atoms with Crippen LogP contribution in [-0.2, 0) is 11.3 Å². The van der Waals surface area contributed by atoms with E-state index in [-0.39, 0.29) is 11.8 Å². The van der Waals surface area contributed by atoms with Crippen LogP contribution >= 0.6 is 0 Å². The molecule has 86 valence electrons. The normalized spacial score (nSPS) is 22.6. The zero-order valence-corrected chi connectivity index (χ0v) is 9.56. The number of methoxy groups -OCH3 is 1. The maximum Gasteiger partial charge on any atom is 0.223 e. The SMILES string of the molecule is COc1ccc(CNC(=O)[C@@H]2C[C@H]2C)cn1. The fraction of sp³-hybridized carbons (Fsp3) is 0.500. The fourth-order valence-electron chi connectivity index (χ4n) is 1.64. The van der Waals surface area contributed by atoms with Crippen molar-refractivity contribution in [1.29, 1.82) is 0 Å². The Morgan fingerprint density at radius 1 is 1.62 bits per heavy atom. The van der Waals surface area contributed by atoms with Crippen LogP contribution in [-0.4, -0.2) is 18.0 Å². The molecule has 1 aromatic rings. The molecule has 1 saturated carbocycles. The van der Waals surface area contributed by atoms with Crippen molar-refractivity contribution in [3.63, 3.8) is 0 Å². The highest BCUT2D eigenvalue weighted by Crippen LogP contribution is 2.37. The number of ether oxygens (including phenoxy) is 1.